The molecule has 1 aromatic rings. The van der Waals surface area contributed by atoms with Gasteiger partial charge in [-0.2, -0.15) is 11.8 Å². The maximum Gasteiger partial charge on any atom is 0.191 e. The number of hydrogen-bond donors (Lipinski definition) is 3. The minimum Gasteiger partial charge on any atom is -0.396 e. The molecule has 1 atom stereocenters. The van der Waals surface area contributed by atoms with Crippen molar-refractivity contribution in [1.29, 1.82) is 0 Å². The number of rotatable bonds is 9. The normalized spacial score (nSPS) is 20.7. The second kappa shape index (κ2) is 10.6. The van der Waals surface area contributed by atoms with Crippen LogP contribution in [0.25, 0.3) is 0 Å². The first kappa shape index (κ1) is 20.0. The van der Waals surface area contributed by atoms with E-state index in [1.807, 2.05) is 12.1 Å². The molecule has 1 saturated heterocycles. The van der Waals surface area contributed by atoms with E-state index in [1.54, 1.807) is 24.9 Å². The fraction of sp³-hybridized carbons (Fsp3) is 0.611. The molecule has 1 aliphatic rings. The number of aliphatic hydroxyl groups excluding tert-OH is 1. The van der Waals surface area contributed by atoms with E-state index in [4.69, 9.17) is 4.74 Å². The van der Waals surface area contributed by atoms with E-state index in [0.717, 1.165) is 49.8 Å². The van der Waals surface area contributed by atoms with Crippen molar-refractivity contribution in [2.24, 2.45) is 10.4 Å². The first-order valence-corrected chi connectivity index (χ1v) is 9.79. The molecule has 0 radical (unpaired) electrons. The molecule has 0 bridgehead atoms. The van der Waals surface area contributed by atoms with Gasteiger partial charge in [0.15, 0.2) is 5.96 Å². The van der Waals surface area contributed by atoms with Crippen molar-refractivity contribution in [1.82, 2.24) is 10.6 Å². The molecular formula is C18H28FN3O2S. The number of halogens is 1. The van der Waals surface area contributed by atoms with Crippen molar-refractivity contribution in [3.63, 3.8) is 0 Å². The van der Waals surface area contributed by atoms with Crippen LogP contribution >= 0.6 is 11.8 Å². The van der Waals surface area contributed by atoms with Crippen molar-refractivity contribution < 1.29 is 14.2 Å². The SMILES string of the molecule is CN=C(NCCSCc1ccccc1F)NCC1(CCO)CCOC1. The van der Waals surface area contributed by atoms with Gasteiger partial charge in [0, 0.05) is 50.3 Å². The van der Waals surface area contributed by atoms with Gasteiger partial charge >= 0.3 is 0 Å². The van der Waals surface area contributed by atoms with Crippen LogP contribution in [0.1, 0.15) is 18.4 Å². The molecule has 5 nitrogen and oxygen atoms in total. The molecule has 0 amide bonds. The van der Waals surface area contributed by atoms with E-state index in [9.17, 15) is 9.50 Å². The van der Waals surface area contributed by atoms with Gasteiger partial charge in [-0.25, -0.2) is 4.39 Å². The lowest BCUT2D eigenvalue weighted by atomic mass is 9.84. The van der Waals surface area contributed by atoms with E-state index in [0.29, 0.717) is 12.4 Å². The number of nitrogens with one attached hydrogen (secondary N) is 2. The number of aliphatic imine (C=N–C) groups is 1. The van der Waals surface area contributed by atoms with Crippen LogP contribution in [0.4, 0.5) is 4.39 Å². The number of nitrogens with zero attached hydrogens (tertiary/aromatic N) is 1. The van der Waals surface area contributed by atoms with Crippen LogP contribution in [0.3, 0.4) is 0 Å². The predicted octanol–water partition coefficient (Wildman–Crippen LogP) is 2.01. The van der Waals surface area contributed by atoms with Crippen LogP contribution in [0.5, 0.6) is 0 Å². The Morgan fingerprint density at radius 3 is 2.92 bits per heavy atom. The molecule has 7 heteroatoms. The summed E-state index contributed by atoms with van der Waals surface area (Å²) in [5, 5.41) is 15.9. The van der Waals surface area contributed by atoms with Gasteiger partial charge in [-0.15, -0.1) is 0 Å². The van der Waals surface area contributed by atoms with E-state index < -0.39 is 0 Å². The Bertz CT molecular complexity index is 551. The summed E-state index contributed by atoms with van der Waals surface area (Å²) in [6.07, 6.45) is 1.69. The van der Waals surface area contributed by atoms with Crippen molar-refractivity contribution >= 4 is 17.7 Å². The lowest BCUT2D eigenvalue weighted by Gasteiger charge is -2.27. The lowest BCUT2D eigenvalue weighted by molar-refractivity contribution is 0.127. The summed E-state index contributed by atoms with van der Waals surface area (Å²) >= 11 is 1.69. The van der Waals surface area contributed by atoms with Crippen LogP contribution in [-0.4, -0.2) is 56.8 Å². The summed E-state index contributed by atoms with van der Waals surface area (Å²) in [4.78, 5) is 4.23. The number of benzene rings is 1. The third kappa shape index (κ3) is 6.49. The first-order chi connectivity index (χ1) is 12.2. The summed E-state index contributed by atoms with van der Waals surface area (Å²) in [6.45, 7) is 3.08. The Morgan fingerprint density at radius 1 is 1.40 bits per heavy atom. The van der Waals surface area contributed by atoms with Gasteiger partial charge in [0.25, 0.3) is 0 Å². The van der Waals surface area contributed by atoms with Crippen LogP contribution in [0.2, 0.25) is 0 Å². The van der Waals surface area contributed by atoms with Gasteiger partial charge in [-0.05, 0) is 24.5 Å². The topological polar surface area (TPSA) is 65.9 Å². The molecule has 0 saturated carbocycles. The number of aliphatic hydroxyl groups is 1. The quantitative estimate of drug-likeness (QED) is 0.353. The number of thioether (sulfide) groups is 1. The second-order valence-corrected chi connectivity index (χ2v) is 7.38. The molecule has 2 rings (SSSR count). The molecule has 0 spiro atoms. The van der Waals surface area contributed by atoms with Gasteiger partial charge in [0.2, 0.25) is 0 Å². The largest absolute Gasteiger partial charge is 0.396 e. The summed E-state index contributed by atoms with van der Waals surface area (Å²) in [5.74, 6) is 2.13. The molecule has 3 N–H and O–H groups in total. The van der Waals surface area contributed by atoms with Gasteiger partial charge in [-0.3, -0.25) is 4.99 Å². The summed E-state index contributed by atoms with van der Waals surface area (Å²) in [6, 6.07) is 6.88. The highest BCUT2D eigenvalue weighted by Crippen LogP contribution is 2.31. The van der Waals surface area contributed by atoms with Gasteiger partial charge in [0.1, 0.15) is 5.82 Å². The Morgan fingerprint density at radius 2 is 2.24 bits per heavy atom. The molecule has 0 aliphatic carbocycles. The van der Waals surface area contributed by atoms with Crippen molar-refractivity contribution in [2.75, 3.05) is 45.7 Å². The Kier molecular flexibility index (Phi) is 8.51. The maximum atomic E-state index is 13.5. The fourth-order valence-corrected chi connectivity index (χ4v) is 3.69. The Labute approximate surface area is 153 Å². The summed E-state index contributed by atoms with van der Waals surface area (Å²) < 4.78 is 19.0. The lowest BCUT2D eigenvalue weighted by Crippen LogP contribution is -2.45. The number of guanidine groups is 1. The standard InChI is InChI=1S/C18H28FN3O2S/c1-20-17(22-13-18(6-9-23)7-10-24-14-18)21-8-11-25-12-15-4-2-3-5-16(15)19/h2-5,23H,6-14H2,1H3,(H2,20,21,22). The Hall–Kier alpha value is -1.31. The highest BCUT2D eigenvalue weighted by Gasteiger charge is 2.34. The predicted molar refractivity (Wildman–Crippen MR) is 101 cm³/mol. The summed E-state index contributed by atoms with van der Waals surface area (Å²) in [5.41, 5.74) is 0.730. The molecule has 1 aromatic carbocycles. The minimum absolute atomic E-state index is 0.00798. The third-order valence-corrected chi connectivity index (χ3v) is 5.44. The Balaban J connectivity index is 1.66. The van der Waals surface area contributed by atoms with Gasteiger partial charge in [-0.1, -0.05) is 18.2 Å². The molecule has 1 heterocycles. The third-order valence-electron chi connectivity index (χ3n) is 4.44. The van der Waals surface area contributed by atoms with Gasteiger partial charge in [0.05, 0.1) is 6.61 Å². The zero-order valence-corrected chi connectivity index (χ0v) is 15.6. The zero-order valence-electron chi connectivity index (χ0n) is 14.8. The average molecular weight is 370 g/mol. The summed E-state index contributed by atoms with van der Waals surface area (Å²) in [7, 11) is 1.74. The molecule has 140 valence electrons. The second-order valence-electron chi connectivity index (χ2n) is 6.27. The van der Waals surface area contributed by atoms with Crippen LogP contribution in [-0.2, 0) is 10.5 Å². The van der Waals surface area contributed by atoms with E-state index >= 15 is 0 Å². The zero-order chi connectivity index (χ0) is 18.0. The molecule has 1 aliphatic heterocycles. The highest BCUT2D eigenvalue weighted by molar-refractivity contribution is 7.98. The molecule has 0 aromatic heterocycles. The average Bonchev–Trinajstić information content (AvgIpc) is 3.08. The monoisotopic (exact) mass is 369 g/mol. The van der Waals surface area contributed by atoms with Crippen molar-refractivity contribution in [3.05, 3.63) is 35.6 Å². The van der Waals surface area contributed by atoms with Crippen LogP contribution < -0.4 is 10.6 Å². The molecular weight excluding hydrogens is 341 g/mol. The van der Waals surface area contributed by atoms with E-state index in [1.165, 1.54) is 6.07 Å². The number of hydrogen-bond acceptors (Lipinski definition) is 4. The molecule has 1 fully saturated rings. The number of ether oxygens (including phenoxy) is 1. The van der Waals surface area contributed by atoms with Crippen LogP contribution in [0, 0.1) is 11.2 Å². The van der Waals surface area contributed by atoms with E-state index in [2.05, 4.69) is 15.6 Å². The van der Waals surface area contributed by atoms with Crippen molar-refractivity contribution in [3.8, 4) is 0 Å². The minimum atomic E-state index is -0.145. The van der Waals surface area contributed by atoms with Gasteiger partial charge < -0.3 is 20.5 Å². The van der Waals surface area contributed by atoms with Crippen molar-refractivity contribution in [2.45, 2.75) is 18.6 Å². The first-order valence-electron chi connectivity index (χ1n) is 8.63. The fourth-order valence-electron chi connectivity index (χ4n) is 2.84. The molecule has 1 unspecified atom stereocenters. The maximum absolute atomic E-state index is 13.5. The van der Waals surface area contributed by atoms with Crippen LogP contribution in [0.15, 0.2) is 29.3 Å². The highest BCUT2D eigenvalue weighted by atomic mass is 32.2. The molecule has 25 heavy (non-hydrogen) atoms. The van der Waals surface area contributed by atoms with E-state index in [-0.39, 0.29) is 17.8 Å². The smallest absolute Gasteiger partial charge is 0.191 e.